The van der Waals surface area contributed by atoms with E-state index in [0.29, 0.717) is 25.7 Å². The number of aliphatic hydroxyl groups is 10. The third kappa shape index (κ3) is 35.1. The topological polar surface area (TPSA) is 374 Å². The van der Waals surface area contributed by atoms with Crippen LogP contribution in [0.1, 0.15) is 278 Å². The first-order valence-electron chi connectivity index (χ1n) is 36.5. The van der Waals surface area contributed by atoms with E-state index in [1.165, 1.54) is 128 Å². The normalized spacial score (nSPS) is 28.3. The highest BCUT2D eigenvalue weighted by atomic mass is 31.2. The average molecular weight is 1370 g/mol. The molecule has 24 nitrogen and oxygen atoms in total. The van der Waals surface area contributed by atoms with Crippen molar-refractivity contribution in [2.45, 2.75) is 382 Å². The van der Waals surface area contributed by atoms with Crippen molar-refractivity contribution in [3.05, 3.63) is 12.2 Å². The monoisotopic (exact) mass is 1370 g/mol. The van der Waals surface area contributed by atoms with Crippen LogP contribution in [-0.2, 0) is 61.2 Å². The molecule has 3 aliphatic rings. The summed E-state index contributed by atoms with van der Waals surface area (Å²) >= 11 is 0. The molecule has 552 valence electrons. The largest absolute Gasteiger partial charge is 0.472 e. The molecule has 3 fully saturated rings. The summed E-state index contributed by atoms with van der Waals surface area (Å²) in [5, 5.41) is 110. The van der Waals surface area contributed by atoms with Crippen molar-refractivity contribution in [2.75, 3.05) is 26.4 Å². The van der Waals surface area contributed by atoms with Gasteiger partial charge in [-0.15, -0.1) is 0 Å². The van der Waals surface area contributed by atoms with E-state index in [0.717, 1.165) is 83.5 Å². The van der Waals surface area contributed by atoms with E-state index in [1.54, 1.807) is 0 Å². The molecule has 18 unspecified atom stereocenters. The molecule has 18 atom stereocenters. The minimum absolute atomic E-state index is 0.0309. The molecule has 25 heteroatoms. The van der Waals surface area contributed by atoms with Crippen LogP contribution < -0.4 is 0 Å². The van der Waals surface area contributed by atoms with Crippen LogP contribution in [0.15, 0.2) is 12.2 Å². The molecule has 1 saturated carbocycles. The van der Waals surface area contributed by atoms with Gasteiger partial charge in [0.1, 0.15) is 98.7 Å². The number of ether oxygens (including phenoxy) is 7. The Morgan fingerprint density at radius 1 is 0.404 bits per heavy atom. The zero-order valence-corrected chi connectivity index (χ0v) is 58.2. The molecule has 0 aromatic heterocycles. The number of phosphoric ester groups is 1. The van der Waals surface area contributed by atoms with Crippen LogP contribution in [0.2, 0.25) is 0 Å². The maximum Gasteiger partial charge on any atom is 0.472 e. The number of hydrogen-bond donors (Lipinski definition) is 11. The fourth-order valence-corrected chi connectivity index (χ4v) is 13.0. The second-order valence-electron chi connectivity index (χ2n) is 26.3. The van der Waals surface area contributed by atoms with Gasteiger partial charge < -0.3 is 89.1 Å². The van der Waals surface area contributed by atoms with Crippen LogP contribution in [0, 0.1) is 0 Å². The van der Waals surface area contributed by atoms with Crippen molar-refractivity contribution in [1.29, 1.82) is 0 Å². The number of carbonyl (C=O) groups is 3. The quantitative estimate of drug-likeness (QED) is 0.00888. The fourth-order valence-electron chi connectivity index (χ4n) is 12.0. The van der Waals surface area contributed by atoms with Crippen molar-refractivity contribution < 1.29 is 117 Å². The summed E-state index contributed by atoms with van der Waals surface area (Å²) in [5.41, 5.74) is 0. The Morgan fingerprint density at radius 2 is 0.745 bits per heavy atom. The summed E-state index contributed by atoms with van der Waals surface area (Å²) in [7, 11) is -5.69. The maximum atomic E-state index is 14.3. The van der Waals surface area contributed by atoms with E-state index >= 15 is 0 Å². The van der Waals surface area contributed by atoms with E-state index in [9.17, 15) is 74.9 Å². The number of rotatable bonds is 56. The van der Waals surface area contributed by atoms with Gasteiger partial charge in [-0.05, 0) is 44.9 Å². The van der Waals surface area contributed by atoms with Crippen molar-refractivity contribution in [2.24, 2.45) is 0 Å². The molecular formula is C69H127O24P. The Kier molecular flexibility index (Phi) is 47.3. The summed E-state index contributed by atoms with van der Waals surface area (Å²) in [5.74, 6) is -2.00. The summed E-state index contributed by atoms with van der Waals surface area (Å²) in [4.78, 5) is 50.9. The number of hydrogen-bond acceptors (Lipinski definition) is 23. The van der Waals surface area contributed by atoms with Gasteiger partial charge in [0.2, 0.25) is 0 Å². The molecule has 11 N–H and O–H groups in total. The minimum Gasteiger partial charge on any atom is -0.463 e. The molecule has 2 heterocycles. The van der Waals surface area contributed by atoms with Crippen LogP contribution in [0.25, 0.3) is 0 Å². The number of phosphoric acid groups is 1. The third-order valence-electron chi connectivity index (χ3n) is 18.0. The lowest BCUT2D eigenvalue weighted by Crippen LogP contribution is -2.69. The lowest BCUT2D eigenvalue weighted by Gasteiger charge is -2.49. The number of carbonyl (C=O) groups excluding carboxylic acids is 3. The fraction of sp³-hybridized carbons (Fsp3) is 0.928. The first-order valence-corrected chi connectivity index (χ1v) is 38.0. The van der Waals surface area contributed by atoms with Crippen LogP contribution in [0.4, 0.5) is 0 Å². The Balaban J connectivity index is 1.75. The highest BCUT2D eigenvalue weighted by molar-refractivity contribution is 7.47. The molecule has 0 radical (unpaired) electrons. The number of esters is 3. The van der Waals surface area contributed by atoms with Gasteiger partial charge >= 0.3 is 25.7 Å². The van der Waals surface area contributed by atoms with Gasteiger partial charge in [-0.1, -0.05) is 226 Å². The van der Waals surface area contributed by atoms with Crippen LogP contribution in [0.5, 0.6) is 0 Å². The van der Waals surface area contributed by atoms with E-state index < -0.39 is 156 Å². The molecule has 0 amide bonds. The lowest BCUT2D eigenvalue weighted by molar-refractivity contribution is -0.360. The summed E-state index contributed by atoms with van der Waals surface area (Å²) in [6.45, 7) is 3.40. The molecule has 0 spiro atoms. The van der Waals surface area contributed by atoms with Gasteiger partial charge in [-0.25, -0.2) is 4.57 Å². The Bertz CT molecular complexity index is 2010. The highest BCUT2D eigenvalue weighted by Crippen LogP contribution is 2.49. The highest BCUT2D eigenvalue weighted by Gasteiger charge is 2.58. The molecule has 0 aromatic carbocycles. The lowest BCUT2D eigenvalue weighted by atomic mass is 9.84. The van der Waals surface area contributed by atoms with Gasteiger partial charge in [-0.3, -0.25) is 23.4 Å². The summed E-state index contributed by atoms with van der Waals surface area (Å²) in [6, 6.07) is 0. The Morgan fingerprint density at radius 3 is 1.16 bits per heavy atom. The first kappa shape index (κ1) is 85.9. The van der Waals surface area contributed by atoms with Crippen LogP contribution in [0.3, 0.4) is 0 Å². The van der Waals surface area contributed by atoms with Crippen molar-refractivity contribution >= 4 is 25.7 Å². The SMILES string of the molecule is CCCCCCCC/C=C\CCCCCC(=O)OC(COC(=O)CCCCCCCCCCCCCCCCC)COP(=O)(O)OC1C(OC2OC(CO)C(O)C(O)C2O)C(O)C(O)C(O)C1OC1OC(COC(=O)CCCCCCCCCCCCC)C(O)C(O)C1O. The molecule has 2 aliphatic heterocycles. The van der Waals surface area contributed by atoms with Gasteiger partial charge in [-0.2, -0.15) is 0 Å². The third-order valence-corrected chi connectivity index (χ3v) is 19.0. The Labute approximate surface area is 561 Å². The van der Waals surface area contributed by atoms with Gasteiger partial charge in [0, 0.05) is 19.3 Å². The van der Waals surface area contributed by atoms with E-state index in [4.69, 9.17) is 42.2 Å². The second kappa shape index (κ2) is 51.8. The van der Waals surface area contributed by atoms with Crippen molar-refractivity contribution in [3.63, 3.8) is 0 Å². The molecule has 94 heavy (non-hydrogen) atoms. The standard InChI is InChI=1S/C69H127O24P/c1-4-7-10-13-16-19-22-24-25-27-29-32-34-37-40-43-53(71)85-47-50(88-55(73)45-42-39-36-33-30-26-23-20-17-14-11-8-5-2)48-87-94(83,84)93-67-65(91-68-63(81)58(76)56(74)51(46-70)89-68)61(79)60(78)62(80)66(67)92-69-64(82)59(77)57(75)52(90-69)49-86-54(72)44-41-38-35-31-28-21-18-15-12-9-6-3/h26,30,50-52,56-70,74-82H,4-25,27-29,31-49H2,1-3H3,(H,83,84)/b30-26-. The van der Waals surface area contributed by atoms with Crippen LogP contribution in [-0.4, -0.2) is 204 Å². The molecule has 1 aliphatic carbocycles. The predicted molar refractivity (Wildman–Crippen MR) is 352 cm³/mol. The van der Waals surface area contributed by atoms with E-state index in [2.05, 4.69) is 32.9 Å². The molecule has 3 rings (SSSR count). The number of aliphatic hydroxyl groups excluding tert-OH is 10. The molecule has 0 bridgehead atoms. The second-order valence-corrected chi connectivity index (χ2v) is 27.7. The summed E-state index contributed by atoms with van der Waals surface area (Å²) < 4.78 is 64.9. The van der Waals surface area contributed by atoms with Gasteiger partial charge in [0.15, 0.2) is 18.7 Å². The van der Waals surface area contributed by atoms with Gasteiger partial charge in [0.25, 0.3) is 0 Å². The minimum atomic E-state index is -5.69. The summed E-state index contributed by atoms with van der Waals surface area (Å²) in [6.07, 6.45) is 8.77. The molecular weight excluding hydrogens is 1240 g/mol. The van der Waals surface area contributed by atoms with Crippen molar-refractivity contribution in [1.82, 2.24) is 0 Å². The zero-order chi connectivity index (χ0) is 68.9. The van der Waals surface area contributed by atoms with Gasteiger partial charge in [0.05, 0.1) is 13.2 Å². The van der Waals surface area contributed by atoms with Crippen LogP contribution >= 0.6 is 7.82 Å². The average Bonchev–Trinajstić information content (AvgIpc) is 0.767. The Hall–Kier alpha value is -2.30. The zero-order valence-electron chi connectivity index (χ0n) is 57.3. The van der Waals surface area contributed by atoms with E-state index in [1.807, 2.05) is 0 Å². The number of unbranched alkanes of at least 4 members (excludes halogenated alkanes) is 33. The van der Waals surface area contributed by atoms with E-state index in [-0.39, 0.29) is 19.3 Å². The smallest absolute Gasteiger partial charge is 0.463 e. The first-order chi connectivity index (χ1) is 45.3. The maximum absolute atomic E-state index is 14.3. The van der Waals surface area contributed by atoms with Crippen molar-refractivity contribution in [3.8, 4) is 0 Å². The predicted octanol–water partition coefficient (Wildman–Crippen LogP) is 9.18. The molecule has 0 aromatic rings. The molecule has 2 saturated heterocycles. The number of allylic oxidation sites excluding steroid dienone is 2.